The Balaban J connectivity index is 1.90. The van der Waals surface area contributed by atoms with Gasteiger partial charge in [0, 0.05) is 0 Å². The molecular formula is C15H14N2O2S3. The van der Waals surface area contributed by atoms with Gasteiger partial charge in [0.2, 0.25) is 0 Å². The Morgan fingerprint density at radius 3 is 2.68 bits per heavy atom. The van der Waals surface area contributed by atoms with Crippen LogP contribution in [-0.2, 0) is 10.0 Å². The minimum absolute atomic E-state index is 0.252. The third-order valence-corrected chi connectivity index (χ3v) is 6.38. The van der Waals surface area contributed by atoms with E-state index in [9.17, 15) is 8.42 Å². The second kappa shape index (κ2) is 6.28. The van der Waals surface area contributed by atoms with E-state index < -0.39 is 10.0 Å². The van der Waals surface area contributed by atoms with Crippen molar-refractivity contribution in [2.75, 3.05) is 10.5 Å². The van der Waals surface area contributed by atoms with Crippen LogP contribution in [0.1, 0.15) is 6.92 Å². The lowest BCUT2D eigenvalue weighted by Gasteiger charge is -2.07. The largest absolute Gasteiger partial charge is 0.280 e. The molecule has 0 fully saturated rings. The number of nitrogens with one attached hydrogen (secondary N) is 1. The number of hydrogen-bond donors (Lipinski definition) is 1. The van der Waals surface area contributed by atoms with Gasteiger partial charge in [-0.25, -0.2) is 13.4 Å². The van der Waals surface area contributed by atoms with Crippen molar-refractivity contribution < 1.29 is 8.42 Å². The maximum absolute atomic E-state index is 12.3. The average molecular weight is 350 g/mol. The van der Waals surface area contributed by atoms with Gasteiger partial charge in [0.1, 0.15) is 0 Å². The fourth-order valence-corrected chi connectivity index (χ4v) is 5.04. The van der Waals surface area contributed by atoms with Crippen molar-refractivity contribution in [2.24, 2.45) is 0 Å². The first-order chi connectivity index (χ1) is 10.6. The molecule has 0 radical (unpaired) electrons. The lowest BCUT2D eigenvalue weighted by molar-refractivity contribution is 0.601. The molecule has 7 heteroatoms. The van der Waals surface area contributed by atoms with Crippen LogP contribution in [0.2, 0.25) is 0 Å². The predicted molar refractivity (Wildman–Crippen MR) is 93.3 cm³/mol. The molecule has 0 atom stereocenters. The molecule has 3 aromatic rings. The fraction of sp³-hybridized carbons (Fsp3) is 0.133. The highest BCUT2D eigenvalue weighted by Crippen LogP contribution is 2.31. The quantitative estimate of drug-likeness (QED) is 0.700. The van der Waals surface area contributed by atoms with Gasteiger partial charge >= 0.3 is 0 Å². The van der Waals surface area contributed by atoms with Crippen LogP contribution in [0.3, 0.4) is 0 Å². The Labute approximate surface area is 137 Å². The van der Waals surface area contributed by atoms with Crippen LogP contribution in [-0.4, -0.2) is 19.2 Å². The second-order valence-corrected chi connectivity index (χ2v) is 8.74. The molecule has 1 N–H and O–H groups in total. The highest BCUT2D eigenvalue weighted by atomic mass is 32.2. The van der Waals surface area contributed by atoms with Gasteiger partial charge in [-0.1, -0.05) is 36.9 Å². The van der Waals surface area contributed by atoms with Gasteiger partial charge in [-0.3, -0.25) is 4.72 Å². The topological polar surface area (TPSA) is 59.1 Å². The van der Waals surface area contributed by atoms with Crippen molar-refractivity contribution in [3.8, 4) is 0 Å². The van der Waals surface area contributed by atoms with Gasteiger partial charge < -0.3 is 0 Å². The molecule has 1 aromatic heterocycles. The molecule has 0 saturated heterocycles. The lowest BCUT2D eigenvalue weighted by Crippen LogP contribution is -2.12. The zero-order valence-corrected chi connectivity index (χ0v) is 14.3. The number of sulfonamides is 1. The molecule has 0 spiro atoms. The van der Waals surface area contributed by atoms with Crippen molar-refractivity contribution in [3.63, 3.8) is 0 Å². The summed E-state index contributed by atoms with van der Waals surface area (Å²) in [6, 6.07) is 13.7. The number of hydrogen-bond acceptors (Lipinski definition) is 5. The van der Waals surface area contributed by atoms with Gasteiger partial charge in [-0.2, -0.15) is 0 Å². The van der Waals surface area contributed by atoms with Crippen LogP contribution < -0.4 is 4.72 Å². The van der Waals surface area contributed by atoms with E-state index in [0.29, 0.717) is 5.69 Å². The van der Waals surface area contributed by atoms with Gasteiger partial charge in [0.15, 0.2) is 4.34 Å². The van der Waals surface area contributed by atoms with Crippen LogP contribution >= 0.6 is 23.1 Å². The summed E-state index contributed by atoms with van der Waals surface area (Å²) >= 11 is 3.26. The Hall–Kier alpha value is -1.57. The van der Waals surface area contributed by atoms with Crippen LogP contribution in [0.5, 0.6) is 0 Å². The number of anilines is 1. The second-order valence-electron chi connectivity index (χ2n) is 4.51. The molecule has 0 saturated carbocycles. The van der Waals surface area contributed by atoms with E-state index in [-0.39, 0.29) is 4.90 Å². The smallest absolute Gasteiger partial charge is 0.261 e. The van der Waals surface area contributed by atoms with E-state index in [4.69, 9.17) is 0 Å². The summed E-state index contributed by atoms with van der Waals surface area (Å²) in [5.74, 6) is 0.966. The molecular weight excluding hydrogens is 336 g/mol. The number of benzene rings is 2. The van der Waals surface area contributed by atoms with Crippen LogP contribution in [0.15, 0.2) is 57.8 Å². The normalized spacial score (nSPS) is 11.7. The molecule has 0 aliphatic rings. The Bertz CT molecular complexity index is 890. The van der Waals surface area contributed by atoms with Crippen LogP contribution in [0.25, 0.3) is 10.2 Å². The molecule has 0 unspecified atom stereocenters. The lowest BCUT2D eigenvalue weighted by atomic mass is 10.3. The number of fused-ring (bicyclic) bond motifs is 1. The summed E-state index contributed by atoms with van der Waals surface area (Å²) in [5.41, 5.74) is 1.44. The van der Waals surface area contributed by atoms with Crippen molar-refractivity contribution in [1.82, 2.24) is 4.98 Å². The SMILES string of the molecule is CCSc1nc2ccc(NS(=O)(=O)c3ccccc3)cc2s1. The van der Waals surface area contributed by atoms with Crippen LogP contribution in [0, 0.1) is 0 Å². The first-order valence-electron chi connectivity index (χ1n) is 6.70. The summed E-state index contributed by atoms with van der Waals surface area (Å²) in [6.07, 6.45) is 0. The number of thioether (sulfide) groups is 1. The third-order valence-electron chi connectivity index (χ3n) is 2.94. The molecule has 22 heavy (non-hydrogen) atoms. The minimum Gasteiger partial charge on any atom is -0.280 e. The van der Waals surface area contributed by atoms with E-state index in [1.54, 1.807) is 59.5 Å². The minimum atomic E-state index is -3.56. The molecule has 0 aliphatic heterocycles. The molecule has 0 bridgehead atoms. The summed E-state index contributed by atoms with van der Waals surface area (Å²) in [5, 5.41) is 0. The monoisotopic (exact) mass is 350 g/mol. The molecule has 1 heterocycles. The number of nitrogens with zero attached hydrogens (tertiary/aromatic N) is 1. The maximum atomic E-state index is 12.3. The Morgan fingerprint density at radius 1 is 1.18 bits per heavy atom. The van der Waals surface area contributed by atoms with Gasteiger partial charge in [0.05, 0.1) is 20.8 Å². The van der Waals surface area contributed by atoms with E-state index in [1.165, 1.54) is 0 Å². The Morgan fingerprint density at radius 2 is 1.95 bits per heavy atom. The van der Waals surface area contributed by atoms with E-state index in [1.807, 2.05) is 12.1 Å². The third kappa shape index (κ3) is 3.26. The highest BCUT2D eigenvalue weighted by Gasteiger charge is 2.14. The van der Waals surface area contributed by atoms with E-state index in [0.717, 1.165) is 20.3 Å². The summed E-state index contributed by atoms with van der Waals surface area (Å²) < 4.78 is 29.2. The standard InChI is InChI=1S/C15H14N2O2S3/c1-2-20-15-16-13-9-8-11(10-14(13)21-15)17-22(18,19)12-6-4-3-5-7-12/h3-10,17H,2H2,1H3. The van der Waals surface area contributed by atoms with Gasteiger partial charge in [-0.15, -0.1) is 11.3 Å². The van der Waals surface area contributed by atoms with Crippen molar-refractivity contribution in [3.05, 3.63) is 48.5 Å². The molecule has 2 aromatic carbocycles. The Kier molecular flexibility index (Phi) is 4.37. The summed E-state index contributed by atoms with van der Waals surface area (Å²) in [7, 11) is -3.56. The number of thiazole rings is 1. The summed E-state index contributed by atoms with van der Waals surface area (Å²) in [6.45, 7) is 2.08. The average Bonchev–Trinajstić information content (AvgIpc) is 2.90. The number of aromatic nitrogens is 1. The molecule has 3 rings (SSSR count). The maximum Gasteiger partial charge on any atom is 0.261 e. The van der Waals surface area contributed by atoms with Gasteiger partial charge in [0.25, 0.3) is 10.0 Å². The van der Waals surface area contributed by atoms with Crippen molar-refractivity contribution in [2.45, 2.75) is 16.2 Å². The van der Waals surface area contributed by atoms with Crippen molar-refractivity contribution >= 4 is 49.0 Å². The van der Waals surface area contributed by atoms with E-state index in [2.05, 4.69) is 16.6 Å². The zero-order valence-electron chi connectivity index (χ0n) is 11.8. The predicted octanol–water partition coefficient (Wildman–Crippen LogP) is 4.21. The van der Waals surface area contributed by atoms with Crippen molar-refractivity contribution in [1.29, 1.82) is 0 Å². The van der Waals surface area contributed by atoms with Crippen LogP contribution in [0.4, 0.5) is 5.69 Å². The first kappa shape index (κ1) is 15.3. The summed E-state index contributed by atoms with van der Waals surface area (Å²) in [4.78, 5) is 4.75. The fourth-order valence-electron chi connectivity index (χ4n) is 1.97. The molecule has 114 valence electrons. The molecule has 4 nitrogen and oxygen atoms in total. The molecule has 0 amide bonds. The molecule has 0 aliphatic carbocycles. The highest BCUT2D eigenvalue weighted by molar-refractivity contribution is 8.01. The van der Waals surface area contributed by atoms with Gasteiger partial charge in [-0.05, 0) is 36.1 Å². The first-order valence-corrected chi connectivity index (χ1v) is 9.98. The number of rotatable bonds is 5. The zero-order chi connectivity index (χ0) is 15.6. The van der Waals surface area contributed by atoms with E-state index >= 15 is 0 Å².